The second kappa shape index (κ2) is 3.23. The zero-order valence-corrected chi connectivity index (χ0v) is 3.93. The maximum Gasteiger partial charge on any atom is 0.320 e. The molecule has 1 radical (unpaired) electrons. The third-order valence-corrected chi connectivity index (χ3v) is 0.340. The van der Waals surface area contributed by atoms with Crippen molar-refractivity contribution in [1.29, 1.82) is 0 Å². The normalized spacial score (nSPS) is 6.43. The Kier molecular flexibility index (Phi) is 2.78. The maximum atomic E-state index is 9.60. The lowest BCUT2D eigenvalue weighted by molar-refractivity contribution is -0.132. The van der Waals surface area contributed by atoms with Crippen molar-refractivity contribution >= 4 is 5.97 Å². The van der Waals surface area contributed by atoms with Crippen LogP contribution >= 0.6 is 0 Å². The SMILES string of the molecule is CC#C[CH]C(=O)O. The van der Waals surface area contributed by atoms with Crippen molar-refractivity contribution in [2.24, 2.45) is 0 Å². The van der Waals surface area contributed by atoms with Gasteiger partial charge in [-0.3, -0.25) is 4.79 Å². The first-order valence-corrected chi connectivity index (χ1v) is 1.76. The number of hydrogen-bond donors (Lipinski definition) is 1. The monoisotopic (exact) mass is 97.0 g/mol. The highest BCUT2D eigenvalue weighted by Gasteiger charge is 1.86. The predicted molar refractivity (Wildman–Crippen MR) is 25.4 cm³/mol. The molecule has 1 N–H and O–H groups in total. The standard InChI is InChI=1S/C5H5O2/c1-2-3-4-5(6)7/h4H,1H3,(H,6,7). The molecule has 2 nitrogen and oxygen atoms in total. The van der Waals surface area contributed by atoms with Crippen molar-refractivity contribution in [2.45, 2.75) is 6.92 Å². The van der Waals surface area contributed by atoms with Crippen LogP contribution in [0.4, 0.5) is 0 Å². The summed E-state index contributed by atoms with van der Waals surface area (Å²) in [5.74, 6) is 3.69. The van der Waals surface area contributed by atoms with Gasteiger partial charge in [0.1, 0.15) is 6.42 Å². The third kappa shape index (κ3) is 5.03. The summed E-state index contributed by atoms with van der Waals surface area (Å²) in [5.41, 5.74) is 0. The zero-order chi connectivity index (χ0) is 5.70. The fourth-order valence-corrected chi connectivity index (χ4v) is 0.134. The topological polar surface area (TPSA) is 37.3 Å². The molecular weight excluding hydrogens is 92.1 g/mol. The van der Waals surface area contributed by atoms with Crippen LogP contribution in [0.1, 0.15) is 6.92 Å². The summed E-state index contributed by atoms with van der Waals surface area (Å²) in [7, 11) is 0. The van der Waals surface area contributed by atoms with Gasteiger partial charge in [-0.25, -0.2) is 0 Å². The van der Waals surface area contributed by atoms with Crippen LogP contribution in [0.3, 0.4) is 0 Å². The first-order chi connectivity index (χ1) is 3.27. The molecule has 0 unspecified atom stereocenters. The summed E-state index contributed by atoms with van der Waals surface area (Å²) >= 11 is 0. The van der Waals surface area contributed by atoms with Gasteiger partial charge in [0.2, 0.25) is 0 Å². The highest BCUT2D eigenvalue weighted by molar-refractivity contribution is 5.80. The van der Waals surface area contributed by atoms with Crippen LogP contribution in [-0.4, -0.2) is 11.1 Å². The van der Waals surface area contributed by atoms with Gasteiger partial charge >= 0.3 is 5.97 Å². The minimum atomic E-state index is -0.991. The van der Waals surface area contributed by atoms with E-state index < -0.39 is 5.97 Å². The lowest BCUT2D eigenvalue weighted by Gasteiger charge is -1.72. The predicted octanol–water partition coefficient (Wildman–Crippen LogP) is 0.299. The van der Waals surface area contributed by atoms with Crippen LogP contribution in [0.25, 0.3) is 0 Å². The smallest absolute Gasteiger partial charge is 0.320 e. The van der Waals surface area contributed by atoms with Crippen molar-refractivity contribution < 1.29 is 9.90 Å². The van der Waals surface area contributed by atoms with E-state index in [2.05, 4.69) is 11.8 Å². The summed E-state index contributed by atoms with van der Waals surface area (Å²) in [5, 5.41) is 7.89. The minimum absolute atomic E-state index is 0.903. The van der Waals surface area contributed by atoms with Crippen LogP contribution in [0.5, 0.6) is 0 Å². The highest BCUT2D eigenvalue weighted by atomic mass is 16.4. The van der Waals surface area contributed by atoms with Crippen molar-refractivity contribution in [3.05, 3.63) is 6.42 Å². The molecule has 0 atom stereocenters. The van der Waals surface area contributed by atoms with Crippen molar-refractivity contribution in [3.63, 3.8) is 0 Å². The Hall–Kier alpha value is -0.970. The molecule has 0 rings (SSSR count). The van der Waals surface area contributed by atoms with Crippen LogP contribution in [-0.2, 0) is 4.79 Å². The fraction of sp³-hybridized carbons (Fsp3) is 0.200. The molecule has 0 spiro atoms. The van der Waals surface area contributed by atoms with Crippen LogP contribution < -0.4 is 0 Å². The Morgan fingerprint density at radius 1 is 1.86 bits per heavy atom. The second-order valence-corrected chi connectivity index (χ2v) is 0.877. The number of carboxylic acid groups (broad SMARTS) is 1. The van der Waals surface area contributed by atoms with Gasteiger partial charge in [-0.2, -0.15) is 0 Å². The van der Waals surface area contributed by atoms with Crippen LogP contribution in [0.2, 0.25) is 0 Å². The Balaban J connectivity index is 3.26. The quantitative estimate of drug-likeness (QED) is 0.478. The molecule has 0 fully saturated rings. The summed E-state index contributed by atoms with van der Waals surface area (Å²) in [6.07, 6.45) is 0.903. The van der Waals surface area contributed by atoms with Gasteiger partial charge in [-0.15, -0.1) is 5.92 Å². The summed E-state index contributed by atoms with van der Waals surface area (Å²) in [6, 6.07) is 0. The average molecular weight is 97.1 g/mol. The molecule has 0 saturated carbocycles. The fourth-order valence-electron chi connectivity index (χ4n) is 0.134. The van der Waals surface area contributed by atoms with E-state index in [4.69, 9.17) is 5.11 Å². The van der Waals surface area contributed by atoms with Gasteiger partial charge in [-0.05, 0) is 6.92 Å². The van der Waals surface area contributed by atoms with Crippen LogP contribution in [0, 0.1) is 18.3 Å². The largest absolute Gasteiger partial charge is 0.480 e. The van der Waals surface area contributed by atoms with Gasteiger partial charge in [0.15, 0.2) is 0 Å². The molecule has 0 aliphatic carbocycles. The van der Waals surface area contributed by atoms with Gasteiger partial charge < -0.3 is 5.11 Å². The Morgan fingerprint density at radius 3 is 2.57 bits per heavy atom. The van der Waals surface area contributed by atoms with E-state index >= 15 is 0 Å². The number of carboxylic acids is 1. The molecule has 0 amide bonds. The first kappa shape index (κ1) is 6.03. The van der Waals surface area contributed by atoms with Crippen molar-refractivity contribution in [1.82, 2.24) is 0 Å². The van der Waals surface area contributed by atoms with E-state index in [9.17, 15) is 4.79 Å². The van der Waals surface area contributed by atoms with Crippen molar-refractivity contribution in [2.75, 3.05) is 0 Å². The van der Waals surface area contributed by atoms with E-state index in [1.807, 2.05) is 0 Å². The zero-order valence-electron chi connectivity index (χ0n) is 3.93. The lowest BCUT2D eigenvalue weighted by atomic mass is 10.4. The molecule has 2 heteroatoms. The molecular formula is C5H5O2. The molecule has 0 aromatic carbocycles. The minimum Gasteiger partial charge on any atom is -0.480 e. The third-order valence-electron chi connectivity index (χ3n) is 0.340. The Labute approximate surface area is 42.2 Å². The molecule has 0 aliphatic heterocycles. The van der Waals surface area contributed by atoms with Gasteiger partial charge in [0.25, 0.3) is 0 Å². The number of rotatable bonds is 1. The molecule has 0 saturated heterocycles. The maximum absolute atomic E-state index is 9.60. The van der Waals surface area contributed by atoms with Gasteiger partial charge in [0.05, 0.1) is 0 Å². The molecule has 0 bridgehead atoms. The molecule has 7 heavy (non-hydrogen) atoms. The number of carbonyl (C=O) groups is 1. The summed E-state index contributed by atoms with van der Waals surface area (Å²) in [4.78, 5) is 9.60. The summed E-state index contributed by atoms with van der Waals surface area (Å²) in [6.45, 7) is 1.58. The number of hydrogen-bond acceptors (Lipinski definition) is 1. The molecule has 0 aliphatic rings. The summed E-state index contributed by atoms with van der Waals surface area (Å²) < 4.78 is 0. The lowest BCUT2D eigenvalue weighted by Crippen LogP contribution is -1.90. The highest BCUT2D eigenvalue weighted by Crippen LogP contribution is 1.68. The average Bonchev–Trinajstić information content (AvgIpc) is 1.61. The van der Waals surface area contributed by atoms with Gasteiger partial charge in [-0.1, -0.05) is 5.92 Å². The number of aliphatic carboxylic acids is 1. The Bertz CT molecular complexity index is 116. The second-order valence-electron chi connectivity index (χ2n) is 0.877. The van der Waals surface area contributed by atoms with Gasteiger partial charge in [0, 0.05) is 0 Å². The first-order valence-electron chi connectivity index (χ1n) is 1.76. The molecule has 37 valence electrons. The molecule has 0 aromatic heterocycles. The van der Waals surface area contributed by atoms with Crippen LogP contribution in [0.15, 0.2) is 0 Å². The molecule has 0 heterocycles. The van der Waals surface area contributed by atoms with E-state index in [1.54, 1.807) is 6.92 Å². The van der Waals surface area contributed by atoms with E-state index in [0.29, 0.717) is 0 Å². The van der Waals surface area contributed by atoms with E-state index in [-0.39, 0.29) is 0 Å². The van der Waals surface area contributed by atoms with E-state index in [0.717, 1.165) is 6.42 Å². The molecule has 0 aromatic rings. The Morgan fingerprint density at radius 2 is 2.43 bits per heavy atom. The van der Waals surface area contributed by atoms with Crippen molar-refractivity contribution in [3.8, 4) is 11.8 Å². The van der Waals surface area contributed by atoms with E-state index in [1.165, 1.54) is 0 Å².